The molecule has 0 amide bonds. The molecular weight excluding hydrogens is 425 g/mol. The van der Waals surface area contributed by atoms with Crippen LogP contribution in [0.2, 0.25) is 0 Å². The number of alkyl halides is 3. The molecule has 0 heterocycles. The first kappa shape index (κ1) is 22.9. The quantitative estimate of drug-likeness (QED) is 0.490. The number of rotatable bonds is 3. The second-order valence-electron chi connectivity index (χ2n) is 11.5. The number of aryl methyl sites for hydroxylation is 1. The van der Waals surface area contributed by atoms with Crippen LogP contribution in [-0.2, 0) is 22.2 Å². The summed E-state index contributed by atoms with van der Waals surface area (Å²) in [6, 6.07) is 5.33. The Kier molecular flexibility index (Phi) is 5.41. The van der Waals surface area contributed by atoms with Gasteiger partial charge in [-0.3, -0.25) is 9.59 Å². The van der Waals surface area contributed by atoms with E-state index in [2.05, 4.69) is 13.8 Å². The molecule has 178 valence electrons. The zero-order chi connectivity index (χ0) is 23.6. The van der Waals surface area contributed by atoms with Crippen molar-refractivity contribution < 1.29 is 22.8 Å². The first-order chi connectivity index (χ1) is 15.5. The molecule has 5 rings (SSSR count). The number of hydrogen-bond acceptors (Lipinski definition) is 2. The third kappa shape index (κ3) is 3.70. The van der Waals surface area contributed by atoms with E-state index in [1.165, 1.54) is 17.7 Å². The van der Waals surface area contributed by atoms with Crippen LogP contribution < -0.4 is 0 Å². The van der Waals surface area contributed by atoms with Gasteiger partial charge in [-0.1, -0.05) is 31.6 Å². The average molecular weight is 459 g/mol. The molecule has 3 fully saturated rings. The zero-order valence-corrected chi connectivity index (χ0v) is 19.5. The second-order valence-corrected chi connectivity index (χ2v) is 11.5. The van der Waals surface area contributed by atoms with Gasteiger partial charge < -0.3 is 0 Å². The Balaban J connectivity index is 1.32. The molecule has 0 spiro atoms. The number of halogens is 3. The first-order valence-corrected chi connectivity index (χ1v) is 12.5. The lowest BCUT2D eigenvalue weighted by Crippen LogP contribution is -2.51. The lowest BCUT2D eigenvalue weighted by molar-refractivity contribution is -0.137. The smallest absolute Gasteiger partial charge is 0.299 e. The summed E-state index contributed by atoms with van der Waals surface area (Å²) in [5.41, 5.74) is 1.35. The number of hydrogen-bond donors (Lipinski definition) is 0. The SMILES string of the molecule is C[C@]12C[C@@H](CCc3ccc(C(F)(F)F)cc3)C(=O)C=C1CC[C@@H]1[C@@H]2CC[C@]2(C)C(=O)CC[C@@H]12. The van der Waals surface area contributed by atoms with Gasteiger partial charge in [-0.25, -0.2) is 0 Å². The van der Waals surface area contributed by atoms with Crippen molar-refractivity contribution in [2.24, 2.45) is 34.5 Å². The van der Waals surface area contributed by atoms with Gasteiger partial charge in [0.1, 0.15) is 5.78 Å². The van der Waals surface area contributed by atoms with Gasteiger partial charge in [0.2, 0.25) is 0 Å². The zero-order valence-electron chi connectivity index (χ0n) is 19.5. The molecule has 0 aliphatic heterocycles. The molecule has 4 aliphatic carbocycles. The summed E-state index contributed by atoms with van der Waals surface area (Å²) >= 11 is 0. The highest BCUT2D eigenvalue weighted by atomic mass is 19.4. The summed E-state index contributed by atoms with van der Waals surface area (Å²) in [7, 11) is 0. The monoisotopic (exact) mass is 458 g/mol. The van der Waals surface area contributed by atoms with E-state index in [1.54, 1.807) is 0 Å². The third-order valence-corrected chi connectivity index (χ3v) is 9.90. The van der Waals surface area contributed by atoms with Gasteiger partial charge in [-0.15, -0.1) is 0 Å². The number of ketones is 2. The minimum atomic E-state index is -4.33. The fraction of sp³-hybridized carbons (Fsp3) is 0.643. The molecule has 33 heavy (non-hydrogen) atoms. The maximum absolute atomic E-state index is 13.0. The van der Waals surface area contributed by atoms with Gasteiger partial charge in [0.25, 0.3) is 0 Å². The fourth-order valence-corrected chi connectivity index (χ4v) is 7.97. The maximum Gasteiger partial charge on any atom is 0.416 e. The van der Waals surface area contributed by atoms with Crippen molar-refractivity contribution in [2.45, 2.75) is 77.8 Å². The molecule has 1 aromatic rings. The van der Waals surface area contributed by atoms with Crippen molar-refractivity contribution in [3.8, 4) is 0 Å². The van der Waals surface area contributed by atoms with Crippen LogP contribution >= 0.6 is 0 Å². The maximum atomic E-state index is 13.0. The highest BCUT2D eigenvalue weighted by molar-refractivity contribution is 5.94. The van der Waals surface area contributed by atoms with Crippen LogP contribution in [0.5, 0.6) is 0 Å². The number of carbonyl (C=O) groups is 2. The van der Waals surface area contributed by atoms with Crippen molar-refractivity contribution >= 4 is 11.6 Å². The number of benzene rings is 1. The predicted octanol–water partition coefficient (Wildman–Crippen LogP) is 6.97. The van der Waals surface area contributed by atoms with Crippen LogP contribution in [0.4, 0.5) is 13.2 Å². The van der Waals surface area contributed by atoms with Gasteiger partial charge in [0.05, 0.1) is 5.56 Å². The number of fused-ring (bicyclic) bond motifs is 5. The molecule has 6 atom stereocenters. The molecule has 5 heteroatoms. The minimum absolute atomic E-state index is 0.00535. The van der Waals surface area contributed by atoms with E-state index in [4.69, 9.17) is 0 Å². The van der Waals surface area contributed by atoms with Crippen molar-refractivity contribution in [1.82, 2.24) is 0 Å². The Labute approximate surface area is 194 Å². The molecule has 2 nitrogen and oxygen atoms in total. The van der Waals surface area contributed by atoms with Crippen LogP contribution in [0.25, 0.3) is 0 Å². The fourth-order valence-electron chi connectivity index (χ4n) is 7.97. The third-order valence-electron chi connectivity index (χ3n) is 9.90. The van der Waals surface area contributed by atoms with Crippen LogP contribution in [0.3, 0.4) is 0 Å². The van der Waals surface area contributed by atoms with Crippen molar-refractivity contribution in [3.05, 3.63) is 47.0 Å². The van der Waals surface area contributed by atoms with Crippen LogP contribution in [0.15, 0.2) is 35.9 Å². The summed E-state index contributed by atoms with van der Waals surface area (Å²) in [6.07, 6.45) is 5.48. The Morgan fingerprint density at radius 1 is 0.939 bits per heavy atom. The number of allylic oxidation sites excluding steroid dienone is 1. The van der Waals surface area contributed by atoms with E-state index in [1.807, 2.05) is 6.08 Å². The summed E-state index contributed by atoms with van der Waals surface area (Å²) in [4.78, 5) is 25.6. The summed E-state index contributed by atoms with van der Waals surface area (Å²) < 4.78 is 38.5. The second kappa shape index (κ2) is 7.81. The van der Waals surface area contributed by atoms with E-state index >= 15 is 0 Å². The van der Waals surface area contributed by atoms with Crippen LogP contribution in [-0.4, -0.2) is 11.6 Å². The Morgan fingerprint density at radius 3 is 2.33 bits per heavy atom. The van der Waals surface area contributed by atoms with Crippen LogP contribution in [0.1, 0.15) is 76.3 Å². The van der Waals surface area contributed by atoms with E-state index in [0.29, 0.717) is 36.4 Å². The first-order valence-electron chi connectivity index (χ1n) is 12.5. The van der Waals surface area contributed by atoms with Gasteiger partial charge in [-0.05, 0) is 98.3 Å². The standard InChI is InChI=1S/C28H33F3O2/c1-26-14-13-23-21(22(26)11-12-25(26)33)10-9-20-15-24(32)18(16-27(20,23)2)6-3-17-4-7-19(8-5-17)28(29,30)31/h4-5,7-8,15,18,21-23H,3,6,9-14,16H2,1-2H3/t18-,21+,22+,23+,26+,27+/m1/s1. The van der Waals surface area contributed by atoms with E-state index in [0.717, 1.165) is 62.6 Å². The molecule has 0 unspecified atom stereocenters. The molecule has 3 saturated carbocycles. The Hall–Kier alpha value is -1.91. The van der Waals surface area contributed by atoms with Gasteiger partial charge in [-0.2, -0.15) is 13.2 Å². The molecule has 0 saturated heterocycles. The lowest BCUT2D eigenvalue weighted by atomic mass is 9.46. The van der Waals surface area contributed by atoms with Crippen molar-refractivity contribution in [1.29, 1.82) is 0 Å². The van der Waals surface area contributed by atoms with Gasteiger partial charge in [0.15, 0.2) is 5.78 Å². The van der Waals surface area contributed by atoms with E-state index in [9.17, 15) is 22.8 Å². The number of Topliss-reactive ketones (excluding diaryl/α,β-unsaturated/α-hetero) is 1. The predicted molar refractivity (Wildman–Crippen MR) is 120 cm³/mol. The van der Waals surface area contributed by atoms with Gasteiger partial charge in [0, 0.05) is 17.8 Å². The molecule has 0 aromatic heterocycles. The van der Waals surface area contributed by atoms with Gasteiger partial charge >= 0.3 is 6.18 Å². The summed E-state index contributed by atoms with van der Waals surface area (Å²) in [6.45, 7) is 4.53. The highest BCUT2D eigenvalue weighted by Crippen LogP contribution is 2.64. The molecule has 0 bridgehead atoms. The highest BCUT2D eigenvalue weighted by Gasteiger charge is 2.59. The Morgan fingerprint density at radius 2 is 1.64 bits per heavy atom. The molecule has 0 N–H and O–H groups in total. The van der Waals surface area contributed by atoms with Crippen molar-refractivity contribution in [2.75, 3.05) is 0 Å². The molecule has 4 aliphatic rings. The molecular formula is C28H33F3O2. The summed E-state index contributed by atoms with van der Waals surface area (Å²) in [5, 5.41) is 0. The lowest BCUT2D eigenvalue weighted by Gasteiger charge is -2.57. The molecule has 0 radical (unpaired) electrons. The normalized spacial score (nSPS) is 38.4. The van der Waals surface area contributed by atoms with E-state index < -0.39 is 11.7 Å². The average Bonchev–Trinajstić information content (AvgIpc) is 3.07. The number of carbonyl (C=O) groups excluding carboxylic acids is 2. The minimum Gasteiger partial charge on any atom is -0.299 e. The summed E-state index contributed by atoms with van der Waals surface area (Å²) in [5.74, 6) is 2.10. The Bertz CT molecular complexity index is 991. The molecule has 1 aromatic carbocycles. The van der Waals surface area contributed by atoms with E-state index in [-0.39, 0.29) is 22.5 Å². The van der Waals surface area contributed by atoms with Crippen LogP contribution in [0, 0.1) is 34.5 Å². The largest absolute Gasteiger partial charge is 0.416 e. The van der Waals surface area contributed by atoms with Crippen molar-refractivity contribution in [3.63, 3.8) is 0 Å². The topological polar surface area (TPSA) is 34.1 Å².